The number of aliphatic hydroxyl groups is 1. The predicted molar refractivity (Wildman–Crippen MR) is 87.1 cm³/mol. The molecule has 3 N–H and O–H groups in total. The molecule has 1 aliphatic rings. The Bertz CT molecular complexity index is 669. The largest absolute Gasteiger partial charge is 0.506 e. The van der Waals surface area contributed by atoms with Crippen LogP contribution in [0.4, 0.5) is 10.1 Å². The summed E-state index contributed by atoms with van der Waals surface area (Å²) in [5.41, 5.74) is 0.123. The number of halogens is 2. The van der Waals surface area contributed by atoms with Crippen LogP contribution in [-0.4, -0.2) is 53.8 Å². The van der Waals surface area contributed by atoms with E-state index in [1.54, 1.807) is 22.6 Å². The Hall–Kier alpha value is -1.88. The van der Waals surface area contributed by atoms with Gasteiger partial charge in [0.1, 0.15) is 17.3 Å². The van der Waals surface area contributed by atoms with Gasteiger partial charge in [-0.1, -0.05) is 0 Å². The van der Waals surface area contributed by atoms with Crippen molar-refractivity contribution < 1.29 is 28.9 Å². The van der Waals surface area contributed by atoms with Gasteiger partial charge in [0.25, 0.3) is 5.91 Å². The summed E-state index contributed by atoms with van der Waals surface area (Å²) in [5, 5.41) is 21.5. The van der Waals surface area contributed by atoms with Crippen LogP contribution in [0.15, 0.2) is 23.4 Å². The summed E-state index contributed by atoms with van der Waals surface area (Å²) in [6, 6.07) is 2.07. The molecule has 1 aromatic rings. The van der Waals surface area contributed by atoms with Crippen LogP contribution in [0, 0.1) is 9.39 Å². The van der Waals surface area contributed by atoms with E-state index in [1.165, 1.54) is 18.1 Å². The number of aliphatic hydroxyl groups excluding tert-OH is 1. The molecule has 9 heteroatoms. The lowest BCUT2D eigenvalue weighted by Crippen LogP contribution is -2.31. The fourth-order valence-electron chi connectivity index (χ4n) is 2.16. The summed E-state index contributed by atoms with van der Waals surface area (Å²) in [4.78, 5) is 25.5. The minimum atomic E-state index is -0.696. The first-order valence-corrected chi connectivity index (χ1v) is 7.63. The highest BCUT2D eigenvalue weighted by Gasteiger charge is 2.35. The lowest BCUT2D eigenvalue weighted by atomic mass is 10.2. The Labute approximate surface area is 144 Å². The summed E-state index contributed by atoms with van der Waals surface area (Å²) < 4.78 is 18.2. The lowest BCUT2D eigenvalue weighted by Gasteiger charge is -2.15. The Kier molecular flexibility index (Phi) is 5.42. The molecule has 7 nitrogen and oxygen atoms in total. The molecule has 0 radical (unpaired) electrons. The zero-order valence-electron chi connectivity index (χ0n) is 12.1. The second-order valence-electron chi connectivity index (χ2n) is 4.70. The van der Waals surface area contributed by atoms with E-state index in [0.717, 1.165) is 6.07 Å². The van der Waals surface area contributed by atoms with Gasteiger partial charge in [-0.2, -0.15) is 0 Å². The first kappa shape index (κ1) is 17.5. The molecule has 1 aromatic carbocycles. The molecule has 23 heavy (non-hydrogen) atoms. The molecule has 0 bridgehead atoms. The fraction of sp³-hybridized carbons (Fsp3) is 0.286. The molecule has 0 atom stereocenters. The van der Waals surface area contributed by atoms with Crippen LogP contribution in [-0.2, 0) is 14.3 Å². The van der Waals surface area contributed by atoms with Crippen molar-refractivity contribution in [2.75, 3.05) is 32.1 Å². The molecule has 0 saturated carbocycles. The van der Waals surface area contributed by atoms with Gasteiger partial charge in [0, 0.05) is 16.2 Å². The van der Waals surface area contributed by atoms with Crippen molar-refractivity contribution in [1.29, 1.82) is 0 Å². The van der Waals surface area contributed by atoms with Gasteiger partial charge in [0.15, 0.2) is 0 Å². The number of carbonyl (C=O) groups is 2. The number of aromatic hydroxyl groups is 1. The number of carbonyl (C=O) groups excluding carboxylic acids is 2. The summed E-state index contributed by atoms with van der Waals surface area (Å²) in [7, 11) is 1.19. The Balaban J connectivity index is 2.41. The molecule has 124 valence electrons. The number of nitrogens with zero attached hydrogens (tertiary/aromatic N) is 1. The topological polar surface area (TPSA) is 99.1 Å². The molecular weight excluding hydrogens is 422 g/mol. The molecule has 1 heterocycles. The van der Waals surface area contributed by atoms with Gasteiger partial charge >= 0.3 is 5.97 Å². The van der Waals surface area contributed by atoms with Crippen molar-refractivity contribution in [3.05, 3.63) is 32.8 Å². The SMILES string of the molecule is COC(=O)C1=C(Nc2c(O)cc(F)cc2I)C(=O)N(CCO)C1. The van der Waals surface area contributed by atoms with Crippen molar-refractivity contribution in [1.82, 2.24) is 4.90 Å². The minimum Gasteiger partial charge on any atom is -0.506 e. The number of phenols is 1. The number of β-amino-alcohol motifs (C(OH)–C–C–N with tert-alkyl or cyclic N) is 1. The van der Waals surface area contributed by atoms with Crippen LogP contribution in [0.3, 0.4) is 0 Å². The number of rotatable bonds is 5. The molecule has 1 amide bonds. The van der Waals surface area contributed by atoms with Crippen LogP contribution in [0.1, 0.15) is 0 Å². The Morgan fingerprint density at radius 1 is 1.52 bits per heavy atom. The maximum Gasteiger partial charge on any atom is 0.337 e. The molecular formula is C14H14FIN2O5. The van der Waals surface area contributed by atoms with Gasteiger partial charge in [0.2, 0.25) is 0 Å². The number of ether oxygens (including phenoxy) is 1. The highest BCUT2D eigenvalue weighted by atomic mass is 127. The first-order valence-electron chi connectivity index (χ1n) is 6.55. The van der Waals surface area contributed by atoms with E-state index < -0.39 is 17.7 Å². The van der Waals surface area contributed by atoms with Gasteiger partial charge in [-0.3, -0.25) is 4.79 Å². The smallest absolute Gasteiger partial charge is 0.337 e. The van der Waals surface area contributed by atoms with Crippen LogP contribution in [0.5, 0.6) is 5.75 Å². The van der Waals surface area contributed by atoms with E-state index in [1.807, 2.05) is 0 Å². The molecule has 1 aliphatic heterocycles. The Morgan fingerprint density at radius 2 is 2.22 bits per heavy atom. The van der Waals surface area contributed by atoms with Gasteiger partial charge in [-0.25, -0.2) is 9.18 Å². The number of nitrogens with one attached hydrogen (secondary N) is 1. The normalized spacial score (nSPS) is 14.4. The predicted octanol–water partition coefficient (Wildman–Crippen LogP) is 0.809. The van der Waals surface area contributed by atoms with Gasteiger partial charge < -0.3 is 25.2 Å². The quantitative estimate of drug-likeness (QED) is 0.359. The standard InChI is InChI=1S/C14H14FIN2O5/c1-23-14(22)8-6-18(2-3-19)13(21)11(8)17-12-9(16)4-7(15)5-10(12)20/h4-5,17,19-20H,2-3,6H2,1H3. The van der Waals surface area contributed by atoms with Gasteiger partial charge in [-0.15, -0.1) is 0 Å². The summed E-state index contributed by atoms with van der Waals surface area (Å²) in [6.45, 7) is -0.225. The van der Waals surface area contributed by atoms with Crippen molar-refractivity contribution in [3.8, 4) is 5.75 Å². The third-order valence-corrected chi connectivity index (χ3v) is 4.09. The summed E-state index contributed by atoms with van der Waals surface area (Å²) in [6.07, 6.45) is 0. The molecule has 0 unspecified atom stereocenters. The number of esters is 1. The van der Waals surface area contributed by atoms with Gasteiger partial charge in [-0.05, 0) is 28.7 Å². The number of hydrogen-bond acceptors (Lipinski definition) is 6. The van der Waals surface area contributed by atoms with Crippen molar-refractivity contribution in [2.24, 2.45) is 0 Å². The number of phenolic OH excluding ortho intramolecular Hbond substituents is 1. The number of benzene rings is 1. The number of amides is 1. The monoisotopic (exact) mass is 436 g/mol. The van der Waals surface area contributed by atoms with Crippen molar-refractivity contribution >= 4 is 40.2 Å². The van der Waals surface area contributed by atoms with E-state index in [2.05, 4.69) is 10.1 Å². The highest BCUT2D eigenvalue weighted by Crippen LogP contribution is 2.33. The van der Waals surface area contributed by atoms with Crippen LogP contribution >= 0.6 is 22.6 Å². The number of anilines is 1. The zero-order chi connectivity index (χ0) is 17.1. The number of methoxy groups -OCH3 is 1. The van der Waals surface area contributed by atoms with Crippen LogP contribution in [0.25, 0.3) is 0 Å². The molecule has 0 aliphatic carbocycles. The highest BCUT2D eigenvalue weighted by molar-refractivity contribution is 14.1. The summed E-state index contributed by atoms with van der Waals surface area (Å²) in [5.74, 6) is -2.23. The molecule has 0 saturated heterocycles. The van der Waals surface area contributed by atoms with Gasteiger partial charge in [0.05, 0.1) is 31.5 Å². The third-order valence-electron chi connectivity index (χ3n) is 3.24. The second-order valence-corrected chi connectivity index (χ2v) is 5.86. The van der Waals surface area contributed by atoms with Crippen molar-refractivity contribution in [2.45, 2.75) is 0 Å². The average Bonchev–Trinajstić information content (AvgIpc) is 2.79. The van der Waals surface area contributed by atoms with E-state index in [0.29, 0.717) is 3.57 Å². The van der Waals surface area contributed by atoms with E-state index in [4.69, 9.17) is 5.11 Å². The zero-order valence-corrected chi connectivity index (χ0v) is 14.3. The van der Waals surface area contributed by atoms with Crippen molar-refractivity contribution in [3.63, 3.8) is 0 Å². The minimum absolute atomic E-state index is 0.0209. The van der Waals surface area contributed by atoms with E-state index >= 15 is 0 Å². The van der Waals surface area contributed by atoms with E-state index in [9.17, 15) is 19.1 Å². The maximum absolute atomic E-state index is 13.2. The molecule has 0 aromatic heterocycles. The number of hydrogen-bond donors (Lipinski definition) is 3. The second kappa shape index (κ2) is 7.13. The van der Waals surface area contributed by atoms with Crippen LogP contribution in [0.2, 0.25) is 0 Å². The molecule has 2 rings (SSSR count). The maximum atomic E-state index is 13.2. The molecule has 0 fully saturated rings. The van der Waals surface area contributed by atoms with E-state index in [-0.39, 0.29) is 42.4 Å². The average molecular weight is 436 g/mol. The fourth-order valence-corrected chi connectivity index (χ4v) is 2.87. The third kappa shape index (κ3) is 3.55. The summed E-state index contributed by atoms with van der Waals surface area (Å²) >= 11 is 1.79. The first-order chi connectivity index (χ1) is 10.9. The van der Waals surface area contributed by atoms with Crippen LogP contribution < -0.4 is 5.32 Å². The lowest BCUT2D eigenvalue weighted by molar-refractivity contribution is -0.136. The Morgan fingerprint density at radius 3 is 2.78 bits per heavy atom. The molecule has 0 spiro atoms.